The zero-order chi connectivity index (χ0) is 30.1. The van der Waals surface area contributed by atoms with E-state index in [4.69, 9.17) is 18.5 Å². The Kier molecular flexibility index (Phi) is 23.6. The SMILES string of the molecule is CCC/C=C\CCCCCCCC(=O)OC(COC(=O)CCCCCCCC)COP(=O)(O)OCC[N+](C)(C)C. The van der Waals surface area contributed by atoms with Crippen LogP contribution in [0.4, 0.5) is 0 Å². The minimum atomic E-state index is -4.35. The molecule has 2 atom stereocenters. The van der Waals surface area contributed by atoms with Crippen LogP contribution in [0.1, 0.15) is 117 Å². The lowest BCUT2D eigenvalue weighted by Gasteiger charge is -2.24. The Labute approximate surface area is 244 Å². The van der Waals surface area contributed by atoms with Crippen molar-refractivity contribution >= 4 is 19.8 Å². The van der Waals surface area contributed by atoms with E-state index in [1.165, 1.54) is 19.3 Å². The lowest BCUT2D eigenvalue weighted by molar-refractivity contribution is -0.870. The van der Waals surface area contributed by atoms with Gasteiger partial charge in [-0.15, -0.1) is 0 Å². The summed E-state index contributed by atoms with van der Waals surface area (Å²) in [6, 6.07) is 0. The summed E-state index contributed by atoms with van der Waals surface area (Å²) in [7, 11) is 1.47. The monoisotopic (exact) mass is 592 g/mol. The molecule has 0 bridgehead atoms. The first kappa shape index (κ1) is 38.8. The van der Waals surface area contributed by atoms with Gasteiger partial charge in [-0.2, -0.15) is 0 Å². The number of allylic oxidation sites excluding steroid dienone is 2. The summed E-state index contributed by atoms with van der Waals surface area (Å²) in [6.45, 7) is 4.24. The van der Waals surface area contributed by atoms with Crippen LogP contribution in [0.15, 0.2) is 12.2 Å². The number of likely N-dealkylation sites (N-methyl/N-ethyl adjacent to an activating group) is 1. The maximum Gasteiger partial charge on any atom is 0.472 e. The van der Waals surface area contributed by atoms with Gasteiger partial charge in [0.15, 0.2) is 6.10 Å². The normalized spacial score (nSPS) is 14.2. The molecule has 0 aromatic rings. The summed E-state index contributed by atoms with van der Waals surface area (Å²) in [5.74, 6) is -0.825. The average Bonchev–Trinajstić information content (AvgIpc) is 2.88. The van der Waals surface area contributed by atoms with Gasteiger partial charge < -0.3 is 18.9 Å². The van der Waals surface area contributed by atoms with E-state index in [9.17, 15) is 19.0 Å². The van der Waals surface area contributed by atoms with Crippen LogP contribution in [0.3, 0.4) is 0 Å². The molecule has 0 aromatic carbocycles. The van der Waals surface area contributed by atoms with Gasteiger partial charge in [0.05, 0.1) is 27.7 Å². The second-order valence-electron chi connectivity index (χ2n) is 11.5. The molecule has 40 heavy (non-hydrogen) atoms. The smallest absolute Gasteiger partial charge is 0.462 e. The number of ether oxygens (including phenoxy) is 2. The zero-order valence-electron chi connectivity index (χ0n) is 26.1. The fourth-order valence-electron chi connectivity index (χ4n) is 3.78. The van der Waals surface area contributed by atoms with Gasteiger partial charge in [-0.25, -0.2) is 4.57 Å². The molecule has 0 spiro atoms. The molecule has 1 N–H and O–H groups in total. The van der Waals surface area contributed by atoms with E-state index < -0.39 is 26.5 Å². The third-order valence-electron chi connectivity index (χ3n) is 6.28. The highest BCUT2D eigenvalue weighted by molar-refractivity contribution is 7.47. The molecule has 0 fully saturated rings. The van der Waals surface area contributed by atoms with Gasteiger partial charge in [0, 0.05) is 12.8 Å². The predicted octanol–water partition coefficient (Wildman–Crippen LogP) is 7.12. The highest BCUT2D eigenvalue weighted by atomic mass is 31.2. The molecule has 10 heteroatoms. The molecule has 0 heterocycles. The Morgan fingerprint density at radius 3 is 1.95 bits per heavy atom. The van der Waals surface area contributed by atoms with Gasteiger partial charge in [0.1, 0.15) is 19.8 Å². The van der Waals surface area contributed by atoms with Crippen molar-refractivity contribution in [1.82, 2.24) is 0 Å². The Balaban J connectivity index is 4.56. The molecule has 0 aliphatic heterocycles. The quantitative estimate of drug-likeness (QED) is 0.0353. The van der Waals surface area contributed by atoms with Crippen molar-refractivity contribution in [2.45, 2.75) is 123 Å². The van der Waals surface area contributed by atoms with Crippen molar-refractivity contribution in [1.29, 1.82) is 0 Å². The first-order chi connectivity index (χ1) is 19.0. The number of unbranched alkanes of at least 4 members (excludes halogenated alkanes) is 11. The highest BCUT2D eigenvalue weighted by Crippen LogP contribution is 2.43. The maximum absolute atomic E-state index is 12.4. The van der Waals surface area contributed by atoms with Gasteiger partial charge in [-0.3, -0.25) is 18.6 Å². The number of carbonyl (C=O) groups excluding carboxylic acids is 2. The van der Waals surface area contributed by atoms with Crippen molar-refractivity contribution in [2.75, 3.05) is 47.5 Å². The summed E-state index contributed by atoms with van der Waals surface area (Å²) in [5.41, 5.74) is 0. The van der Waals surface area contributed by atoms with Crippen LogP contribution in [-0.4, -0.2) is 74.9 Å². The summed E-state index contributed by atoms with van der Waals surface area (Å²) in [6.07, 6.45) is 18.7. The van der Waals surface area contributed by atoms with Gasteiger partial charge in [0.25, 0.3) is 0 Å². The number of hydrogen-bond donors (Lipinski definition) is 1. The van der Waals surface area contributed by atoms with Crippen LogP contribution in [0.2, 0.25) is 0 Å². The lowest BCUT2D eigenvalue weighted by atomic mass is 10.1. The fraction of sp³-hybridized carbons (Fsp3) is 0.867. The molecule has 2 unspecified atom stereocenters. The second kappa shape index (κ2) is 24.4. The highest BCUT2D eigenvalue weighted by Gasteiger charge is 2.27. The van der Waals surface area contributed by atoms with E-state index in [1.807, 2.05) is 21.1 Å². The average molecular weight is 593 g/mol. The van der Waals surface area contributed by atoms with Gasteiger partial charge in [0.2, 0.25) is 0 Å². The first-order valence-corrected chi connectivity index (χ1v) is 16.9. The summed E-state index contributed by atoms with van der Waals surface area (Å²) in [4.78, 5) is 34.7. The van der Waals surface area contributed by atoms with Crippen LogP contribution in [0, 0.1) is 0 Å². The van der Waals surface area contributed by atoms with E-state index in [1.54, 1.807) is 0 Å². The lowest BCUT2D eigenvalue weighted by Crippen LogP contribution is -2.37. The van der Waals surface area contributed by atoms with Crippen LogP contribution in [-0.2, 0) is 32.7 Å². The Morgan fingerprint density at radius 1 is 0.750 bits per heavy atom. The molecule has 0 amide bonds. The zero-order valence-corrected chi connectivity index (χ0v) is 27.0. The van der Waals surface area contributed by atoms with E-state index in [0.717, 1.165) is 64.2 Å². The number of rotatable bonds is 27. The van der Waals surface area contributed by atoms with Crippen LogP contribution in [0.5, 0.6) is 0 Å². The number of esters is 2. The third-order valence-corrected chi connectivity index (χ3v) is 7.26. The summed E-state index contributed by atoms with van der Waals surface area (Å²) < 4.78 is 33.8. The Morgan fingerprint density at radius 2 is 1.32 bits per heavy atom. The molecular formula is C30H59NO8P+. The standard InChI is InChI=1S/C30H58NO8P/c1-6-8-10-12-14-15-16-17-19-21-23-30(33)39-28(26-36-29(32)22-20-18-13-11-9-7-2)27-38-40(34,35)37-25-24-31(3,4)5/h10,12,28H,6-9,11,13-27H2,1-5H3/p+1/b12-10-. The molecule has 0 aromatic heterocycles. The van der Waals surface area contributed by atoms with Gasteiger partial charge >= 0.3 is 19.8 Å². The number of carbonyl (C=O) groups is 2. The van der Waals surface area contributed by atoms with Crippen LogP contribution in [0.25, 0.3) is 0 Å². The summed E-state index contributed by atoms with van der Waals surface area (Å²) in [5, 5.41) is 0. The number of hydrogen-bond acceptors (Lipinski definition) is 7. The molecule has 0 rings (SSSR count). The predicted molar refractivity (Wildman–Crippen MR) is 160 cm³/mol. The van der Waals surface area contributed by atoms with Crippen LogP contribution >= 0.6 is 7.82 Å². The van der Waals surface area contributed by atoms with Crippen molar-refractivity contribution < 1.29 is 42.1 Å². The molecule has 0 saturated carbocycles. The van der Waals surface area contributed by atoms with E-state index >= 15 is 0 Å². The molecular weight excluding hydrogens is 533 g/mol. The van der Waals surface area contributed by atoms with Gasteiger partial charge in [-0.05, 0) is 32.1 Å². The van der Waals surface area contributed by atoms with Crippen molar-refractivity contribution in [2.24, 2.45) is 0 Å². The molecule has 0 saturated heterocycles. The first-order valence-electron chi connectivity index (χ1n) is 15.4. The molecule has 0 aliphatic rings. The molecule has 0 aliphatic carbocycles. The minimum absolute atomic E-state index is 0.0317. The van der Waals surface area contributed by atoms with Crippen molar-refractivity contribution in [3.05, 3.63) is 12.2 Å². The van der Waals surface area contributed by atoms with Crippen molar-refractivity contribution in [3.8, 4) is 0 Å². The number of phosphoric acid groups is 1. The van der Waals surface area contributed by atoms with Gasteiger partial charge in [-0.1, -0.05) is 83.8 Å². The second-order valence-corrected chi connectivity index (χ2v) is 12.9. The maximum atomic E-state index is 12.4. The molecule has 9 nitrogen and oxygen atoms in total. The van der Waals surface area contributed by atoms with Crippen LogP contribution < -0.4 is 0 Å². The summed E-state index contributed by atoms with van der Waals surface area (Å²) >= 11 is 0. The molecule has 0 radical (unpaired) electrons. The van der Waals surface area contributed by atoms with Crippen molar-refractivity contribution in [3.63, 3.8) is 0 Å². The topological polar surface area (TPSA) is 108 Å². The largest absolute Gasteiger partial charge is 0.472 e. The fourth-order valence-corrected chi connectivity index (χ4v) is 4.52. The number of phosphoric ester groups is 1. The third kappa shape index (κ3) is 26.9. The van der Waals surface area contributed by atoms with E-state index in [2.05, 4.69) is 26.0 Å². The number of nitrogens with zero attached hydrogens (tertiary/aromatic N) is 1. The Bertz CT molecular complexity index is 723. The minimum Gasteiger partial charge on any atom is -0.462 e. The molecule has 236 valence electrons. The Hall–Kier alpha value is -1.25. The van der Waals surface area contributed by atoms with E-state index in [-0.39, 0.29) is 32.0 Å². The van der Waals surface area contributed by atoms with E-state index in [0.29, 0.717) is 17.4 Å². The number of quaternary nitrogens is 1.